The molecule has 34 heavy (non-hydrogen) atoms. The molecule has 4 rings (SSSR count). The van der Waals surface area contributed by atoms with Crippen molar-refractivity contribution in [2.45, 2.75) is 12.5 Å². The van der Waals surface area contributed by atoms with Gasteiger partial charge < -0.3 is 25.0 Å². The Kier molecular flexibility index (Phi) is 7.38. The predicted octanol–water partition coefficient (Wildman–Crippen LogP) is 3.58. The average Bonchev–Trinajstić information content (AvgIpc) is 3.33. The number of nitrogens with one attached hydrogen (secondary N) is 2. The summed E-state index contributed by atoms with van der Waals surface area (Å²) in [5.41, 5.74) is 2.78. The summed E-state index contributed by atoms with van der Waals surface area (Å²) in [5.74, 6) is 3.51. The topological polar surface area (TPSA) is 88.6 Å². The molecule has 2 heterocycles. The van der Waals surface area contributed by atoms with Crippen LogP contribution >= 0.6 is 0 Å². The van der Waals surface area contributed by atoms with E-state index in [1.165, 1.54) is 12.4 Å². The molecule has 1 amide bonds. The van der Waals surface area contributed by atoms with Gasteiger partial charge in [-0.05, 0) is 38.4 Å². The second-order valence-corrected chi connectivity index (χ2v) is 8.20. The molecular formula is C26H27N5O3. The third kappa shape index (κ3) is 5.90. The fraction of sp³-hybridized carbons (Fsp3) is 0.269. The summed E-state index contributed by atoms with van der Waals surface area (Å²) < 4.78 is 11.6. The van der Waals surface area contributed by atoms with E-state index in [4.69, 9.17) is 15.9 Å². The van der Waals surface area contributed by atoms with Crippen LogP contribution in [0, 0.1) is 12.3 Å². The summed E-state index contributed by atoms with van der Waals surface area (Å²) in [6.07, 6.45) is 11.0. The number of rotatable bonds is 8. The van der Waals surface area contributed by atoms with E-state index in [2.05, 4.69) is 26.5 Å². The number of carbonyl (C=O) groups excluding carboxylic acids is 1. The predicted molar refractivity (Wildman–Crippen MR) is 133 cm³/mol. The van der Waals surface area contributed by atoms with Crippen LogP contribution in [0.4, 0.5) is 17.2 Å². The fourth-order valence-electron chi connectivity index (χ4n) is 3.53. The third-order valence-electron chi connectivity index (χ3n) is 5.21. The first-order valence-electron chi connectivity index (χ1n) is 11.0. The quantitative estimate of drug-likeness (QED) is 0.395. The molecule has 1 aromatic heterocycles. The third-order valence-corrected chi connectivity index (χ3v) is 5.21. The molecule has 1 atom stereocenters. The maximum Gasteiger partial charge on any atom is 0.248 e. The van der Waals surface area contributed by atoms with Crippen molar-refractivity contribution in [3.63, 3.8) is 0 Å². The van der Waals surface area contributed by atoms with Gasteiger partial charge in [0, 0.05) is 41.7 Å². The molecule has 0 aliphatic carbocycles. The molecule has 1 fully saturated rings. The molecule has 1 saturated heterocycles. The van der Waals surface area contributed by atoms with Crippen molar-refractivity contribution in [1.82, 2.24) is 14.9 Å². The van der Waals surface area contributed by atoms with Gasteiger partial charge in [-0.3, -0.25) is 4.79 Å². The Morgan fingerprint density at radius 3 is 2.97 bits per heavy atom. The van der Waals surface area contributed by atoms with Crippen molar-refractivity contribution in [2.75, 3.05) is 44.5 Å². The van der Waals surface area contributed by atoms with Crippen molar-refractivity contribution < 1.29 is 14.3 Å². The number of aromatic nitrogens is 2. The molecule has 2 aromatic carbocycles. The Hall–Kier alpha value is -3.93. The van der Waals surface area contributed by atoms with Gasteiger partial charge in [0.15, 0.2) is 0 Å². The van der Waals surface area contributed by atoms with E-state index in [0.29, 0.717) is 42.5 Å². The maximum atomic E-state index is 12.6. The van der Waals surface area contributed by atoms with Crippen molar-refractivity contribution in [1.29, 1.82) is 0 Å². The molecule has 3 aromatic rings. The smallest absolute Gasteiger partial charge is 0.248 e. The lowest BCUT2D eigenvalue weighted by molar-refractivity contribution is -0.111. The zero-order valence-electron chi connectivity index (χ0n) is 19.2. The second kappa shape index (κ2) is 10.8. The summed E-state index contributed by atoms with van der Waals surface area (Å²) in [6, 6.07) is 11.1. The average molecular weight is 458 g/mol. The first-order valence-corrected chi connectivity index (χ1v) is 11.0. The number of anilines is 3. The van der Waals surface area contributed by atoms with Crippen LogP contribution in [0.5, 0.6) is 5.75 Å². The van der Waals surface area contributed by atoms with Crippen molar-refractivity contribution in [3.05, 3.63) is 60.4 Å². The normalized spacial score (nSPS) is 15.5. The van der Waals surface area contributed by atoms with Gasteiger partial charge in [-0.2, -0.15) is 0 Å². The van der Waals surface area contributed by atoms with E-state index in [-0.39, 0.29) is 12.0 Å². The van der Waals surface area contributed by atoms with E-state index in [9.17, 15) is 4.79 Å². The summed E-state index contributed by atoms with van der Waals surface area (Å²) in [4.78, 5) is 23.4. The largest absolute Gasteiger partial charge is 0.486 e. The molecular weight excluding hydrogens is 430 g/mol. The van der Waals surface area contributed by atoms with E-state index in [1.54, 1.807) is 6.08 Å². The van der Waals surface area contributed by atoms with E-state index in [1.807, 2.05) is 55.4 Å². The Morgan fingerprint density at radius 1 is 1.32 bits per heavy atom. The van der Waals surface area contributed by atoms with Crippen LogP contribution in [0.2, 0.25) is 0 Å². The lowest BCUT2D eigenvalue weighted by Crippen LogP contribution is -2.18. The number of hydrogen-bond donors (Lipinski definition) is 2. The highest BCUT2D eigenvalue weighted by Crippen LogP contribution is 2.34. The highest BCUT2D eigenvalue weighted by atomic mass is 16.5. The van der Waals surface area contributed by atoms with Crippen LogP contribution in [0.25, 0.3) is 10.9 Å². The van der Waals surface area contributed by atoms with Gasteiger partial charge in [0.1, 0.15) is 24.0 Å². The van der Waals surface area contributed by atoms with Gasteiger partial charge >= 0.3 is 0 Å². The monoisotopic (exact) mass is 457 g/mol. The Labute approximate surface area is 199 Å². The van der Waals surface area contributed by atoms with Gasteiger partial charge in [-0.1, -0.05) is 18.1 Å². The summed E-state index contributed by atoms with van der Waals surface area (Å²) >= 11 is 0. The SMILES string of the molecule is C#Cc1cccc(Nc2ncnc3cc(O[C@H]4CCOC4)c(NC(=O)C=CCN(C)C)cc23)c1. The maximum absolute atomic E-state index is 12.6. The number of nitrogens with zero attached hydrogens (tertiary/aromatic N) is 3. The number of hydrogen-bond acceptors (Lipinski definition) is 7. The molecule has 0 radical (unpaired) electrons. The van der Waals surface area contributed by atoms with Crippen LogP contribution in [0.1, 0.15) is 12.0 Å². The number of ether oxygens (including phenoxy) is 2. The van der Waals surface area contributed by atoms with E-state index < -0.39 is 0 Å². The summed E-state index contributed by atoms with van der Waals surface area (Å²) in [7, 11) is 3.88. The second-order valence-electron chi connectivity index (χ2n) is 8.20. The van der Waals surface area contributed by atoms with Crippen molar-refractivity contribution >= 4 is 34.0 Å². The van der Waals surface area contributed by atoms with Crippen LogP contribution in [-0.4, -0.2) is 60.7 Å². The first-order chi connectivity index (χ1) is 16.5. The number of likely N-dealkylation sites (N-methyl/N-ethyl adjacent to an activating group) is 1. The number of terminal acetylenes is 1. The molecule has 0 unspecified atom stereocenters. The minimum absolute atomic E-state index is 0.0803. The van der Waals surface area contributed by atoms with Gasteiger partial charge in [0.05, 0.1) is 24.4 Å². The molecule has 2 N–H and O–H groups in total. The first kappa shape index (κ1) is 23.2. The number of benzene rings is 2. The van der Waals surface area contributed by atoms with Gasteiger partial charge in [0.2, 0.25) is 5.91 Å². The molecule has 0 spiro atoms. The lowest BCUT2D eigenvalue weighted by Gasteiger charge is -2.17. The Morgan fingerprint density at radius 2 is 2.21 bits per heavy atom. The lowest BCUT2D eigenvalue weighted by atomic mass is 10.1. The molecule has 1 aliphatic rings. The zero-order valence-corrected chi connectivity index (χ0v) is 19.2. The van der Waals surface area contributed by atoms with Crippen LogP contribution in [0.3, 0.4) is 0 Å². The highest BCUT2D eigenvalue weighted by molar-refractivity contribution is 6.03. The molecule has 174 valence electrons. The molecule has 0 bridgehead atoms. The molecule has 8 nitrogen and oxygen atoms in total. The van der Waals surface area contributed by atoms with Crippen molar-refractivity contribution in [2.24, 2.45) is 0 Å². The summed E-state index contributed by atoms with van der Waals surface area (Å²) in [6.45, 7) is 1.82. The van der Waals surface area contributed by atoms with Crippen molar-refractivity contribution in [3.8, 4) is 18.1 Å². The Balaban J connectivity index is 1.68. The van der Waals surface area contributed by atoms with Crippen LogP contribution < -0.4 is 15.4 Å². The highest BCUT2D eigenvalue weighted by Gasteiger charge is 2.20. The van der Waals surface area contributed by atoms with Gasteiger partial charge in [0.25, 0.3) is 0 Å². The molecule has 0 saturated carbocycles. The minimum atomic E-state index is -0.248. The number of carbonyl (C=O) groups is 1. The van der Waals surface area contributed by atoms with Crippen LogP contribution in [-0.2, 0) is 9.53 Å². The zero-order chi connectivity index (χ0) is 23.9. The van der Waals surface area contributed by atoms with E-state index in [0.717, 1.165) is 23.1 Å². The van der Waals surface area contributed by atoms with E-state index >= 15 is 0 Å². The standard InChI is InChI=1S/C26H27N5O3/c1-4-18-7-5-8-19(13-18)29-26-21-14-23(30-25(32)9-6-11-31(2)3)24(15-22(21)27-17-28-26)34-20-10-12-33-16-20/h1,5-9,13-15,17,20H,10-12,16H2,2-3H3,(H,30,32)(H,27,28,29)/t20-/m0/s1. The molecule has 1 aliphatic heterocycles. The summed E-state index contributed by atoms with van der Waals surface area (Å²) in [5, 5.41) is 6.97. The number of fused-ring (bicyclic) bond motifs is 1. The minimum Gasteiger partial charge on any atom is -0.486 e. The Bertz CT molecular complexity index is 1240. The van der Waals surface area contributed by atoms with Gasteiger partial charge in [-0.25, -0.2) is 9.97 Å². The molecule has 8 heteroatoms. The van der Waals surface area contributed by atoms with Crippen LogP contribution in [0.15, 0.2) is 54.9 Å². The fourth-order valence-corrected chi connectivity index (χ4v) is 3.53. The number of amides is 1. The van der Waals surface area contributed by atoms with Gasteiger partial charge in [-0.15, -0.1) is 6.42 Å².